The number of nitrogens with one attached hydrogen (secondary N) is 3. The molecule has 0 saturated carbocycles. The molecule has 1 aromatic heterocycles. The van der Waals surface area contributed by atoms with Gasteiger partial charge < -0.3 is 20.4 Å². The van der Waals surface area contributed by atoms with E-state index in [0.717, 1.165) is 0 Å². The molecule has 0 aliphatic rings. The number of amides is 4. The van der Waals surface area contributed by atoms with E-state index in [1.54, 1.807) is 71.6 Å². The fraction of sp³-hybridized carbons (Fsp3) is 0.200. The van der Waals surface area contributed by atoms with Crippen LogP contribution < -0.4 is 16.0 Å². The van der Waals surface area contributed by atoms with Gasteiger partial charge in [-0.3, -0.25) is 24.5 Å². The first-order valence-electron chi connectivity index (χ1n) is 10.9. The number of rotatable bonds is 7. The van der Waals surface area contributed by atoms with Crippen molar-refractivity contribution >= 4 is 41.2 Å². The van der Waals surface area contributed by atoms with Gasteiger partial charge in [0.2, 0.25) is 5.95 Å². The number of anilines is 3. The van der Waals surface area contributed by atoms with E-state index in [1.807, 2.05) is 0 Å². The third kappa shape index (κ3) is 6.20. The largest absolute Gasteiger partial charge is 0.373 e. The molecule has 36 heavy (non-hydrogen) atoms. The van der Waals surface area contributed by atoms with E-state index in [4.69, 9.17) is 0 Å². The number of nitrogens with zero attached hydrogens (tertiary/aromatic N) is 4. The summed E-state index contributed by atoms with van der Waals surface area (Å²) in [7, 11) is 8.23. The Bertz CT molecular complexity index is 1190. The lowest BCUT2D eigenvalue weighted by Crippen LogP contribution is -2.22. The molecule has 3 N–H and O–H groups in total. The SMILES string of the molecule is CNc1cc(NC(=O)c2ccc(C(=O)N(C)C)cc2)nc(NC(=O)c2ccc(C(=O)N(C)C)cc2)n1. The van der Waals surface area contributed by atoms with Crippen LogP contribution >= 0.6 is 0 Å². The van der Waals surface area contributed by atoms with Crippen LogP contribution in [0.3, 0.4) is 0 Å². The standard InChI is InChI=1S/C25H27N7O4/c1-26-19-14-20(27-21(33)15-6-10-17(11-7-15)23(35)31(2)3)29-25(28-19)30-22(34)16-8-12-18(13-9-16)24(36)32(4)5/h6-14H,1-5H3,(H3,26,27,28,29,30,33,34). The molecule has 0 fully saturated rings. The normalized spacial score (nSPS) is 10.2. The van der Waals surface area contributed by atoms with Crippen molar-refractivity contribution in [1.29, 1.82) is 0 Å². The Labute approximate surface area is 208 Å². The third-order valence-corrected chi connectivity index (χ3v) is 5.05. The topological polar surface area (TPSA) is 137 Å². The molecule has 0 aliphatic carbocycles. The van der Waals surface area contributed by atoms with E-state index in [2.05, 4.69) is 25.9 Å². The number of hydrogen-bond acceptors (Lipinski definition) is 7. The second kappa shape index (κ2) is 11.1. The van der Waals surface area contributed by atoms with Gasteiger partial charge in [-0.15, -0.1) is 0 Å². The molecule has 186 valence electrons. The monoisotopic (exact) mass is 489 g/mol. The van der Waals surface area contributed by atoms with Crippen molar-refractivity contribution in [1.82, 2.24) is 19.8 Å². The molecular weight excluding hydrogens is 462 g/mol. The summed E-state index contributed by atoms with van der Waals surface area (Å²) >= 11 is 0. The summed E-state index contributed by atoms with van der Waals surface area (Å²) in [6.07, 6.45) is 0. The van der Waals surface area contributed by atoms with Gasteiger partial charge >= 0.3 is 0 Å². The molecular formula is C25H27N7O4. The van der Waals surface area contributed by atoms with Crippen molar-refractivity contribution < 1.29 is 19.2 Å². The van der Waals surface area contributed by atoms with Crippen LogP contribution in [-0.2, 0) is 0 Å². The zero-order chi connectivity index (χ0) is 26.4. The van der Waals surface area contributed by atoms with E-state index in [9.17, 15) is 19.2 Å². The molecule has 0 bridgehead atoms. The van der Waals surface area contributed by atoms with Crippen molar-refractivity contribution in [2.75, 3.05) is 51.2 Å². The summed E-state index contributed by atoms with van der Waals surface area (Å²) in [4.78, 5) is 60.8. The molecule has 3 rings (SSSR count). The molecule has 1 heterocycles. The molecule has 4 amide bonds. The number of aromatic nitrogens is 2. The number of benzene rings is 2. The Morgan fingerprint density at radius 1 is 0.611 bits per heavy atom. The molecule has 0 aliphatic heterocycles. The number of carbonyl (C=O) groups excluding carboxylic acids is 4. The van der Waals surface area contributed by atoms with Crippen LogP contribution in [0, 0.1) is 0 Å². The van der Waals surface area contributed by atoms with Crippen LogP contribution in [0.5, 0.6) is 0 Å². The minimum absolute atomic E-state index is 0.0254. The van der Waals surface area contributed by atoms with Gasteiger partial charge in [0.05, 0.1) is 0 Å². The van der Waals surface area contributed by atoms with Crippen LogP contribution in [0.15, 0.2) is 54.6 Å². The van der Waals surface area contributed by atoms with E-state index in [-0.39, 0.29) is 23.6 Å². The lowest BCUT2D eigenvalue weighted by atomic mass is 10.1. The maximum absolute atomic E-state index is 12.7. The lowest BCUT2D eigenvalue weighted by Gasteiger charge is -2.12. The van der Waals surface area contributed by atoms with Crippen LogP contribution in [0.25, 0.3) is 0 Å². The Kier molecular flexibility index (Phi) is 7.95. The zero-order valence-electron chi connectivity index (χ0n) is 20.6. The highest BCUT2D eigenvalue weighted by atomic mass is 16.2. The van der Waals surface area contributed by atoms with Crippen LogP contribution in [0.1, 0.15) is 41.4 Å². The molecule has 0 saturated heterocycles. The Hall–Kier alpha value is -4.80. The molecule has 0 atom stereocenters. The quantitative estimate of drug-likeness (QED) is 0.464. The molecule has 11 nitrogen and oxygen atoms in total. The number of carbonyl (C=O) groups is 4. The highest BCUT2D eigenvalue weighted by Gasteiger charge is 2.15. The molecule has 2 aromatic carbocycles. The van der Waals surface area contributed by atoms with Crippen LogP contribution in [-0.4, -0.2) is 78.6 Å². The average Bonchev–Trinajstić information content (AvgIpc) is 2.87. The highest BCUT2D eigenvalue weighted by Crippen LogP contribution is 2.17. The summed E-state index contributed by atoms with van der Waals surface area (Å²) in [6, 6.07) is 13.9. The minimum atomic E-state index is -0.481. The van der Waals surface area contributed by atoms with Crippen LogP contribution in [0.2, 0.25) is 0 Å². The maximum atomic E-state index is 12.7. The summed E-state index contributed by atoms with van der Waals surface area (Å²) in [6.45, 7) is 0. The van der Waals surface area contributed by atoms with Gasteiger partial charge in [-0.2, -0.15) is 9.97 Å². The predicted octanol–water partition coefficient (Wildman–Crippen LogP) is 2.43. The Morgan fingerprint density at radius 3 is 1.42 bits per heavy atom. The summed E-state index contributed by atoms with van der Waals surface area (Å²) < 4.78 is 0. The second-order valence-corrected chi connectivity index (χ2v) is 8.17. The Balaban J connectivity index is 1.74. The van der Waals surface area contributed by atoms with Crippen molar-refractivity contribution in [2.24, 2.45) is 0 Å². The van der Waals surface area contributed by atoms with E-state index in [0.29, 0.717) is 28.1 Å². The summed E-state index contributed by atoms with van der Waals surface area (Å²) in [5.41, 5.74) is 1.55. The lowest BCUT2D eigenvalue weighted by molar-refractivity contribution is 0.0820. The molecule has 0 radical (unpaired) electrons. The predicted molar refractivity (Wildman–Crippen MR) is 136 cm³/mol. The first kappa shape index (κ1) is 25.8. The molecule has 11 heteroatoms. The third-order valence-electron chi connectivity index (χ3n) is 5.05. The average molecular weight is 490 g/mol. The van der Waals surface area contributed by atoms with E-state index < -0.39 is 11.8 Å². The van der Waals surface area contributed by atoms with Crippen molar-refractivity contribution in [3.8, 4) is 0 Å². The van der Waals surface area contributed by atoms with Crippen molar-refractivity contribution in [3.05, 3.63) is 76.9 Å². The highest BCUT2D eigenvalue weighted by molar-refractivity contribution is 6.06. The van der Waals surface area contributed by atoms with Gasteiger partial charge in [-0.25, -0.2) is 0 Å². The van der Waals surface area contributed by atoms with Crippen molar-refractivity contribution in [3.63, 3.8) is 0 Å². The fourth-order valence-electron chi connectivity index (χ4n) is 3.10. The van der Waals surface area contributed by atoms with Gasteiger partial charge in [0.15, 0.2) is 0 Å². The fourth-order valence-corrected chi connectivity index (χ4v) is 3.10. The minimum Gasteiger partial charge on any atom is -0.373 e. The van der Waals surface area contributed by atoms with Gasteiger partial charge in [-0.05, 0) is 48.5 Å². The van der Waals surface area contributed by atoms with E-state index in [1.165, 1.54) is 28.0 Å². The summed E-state index contributed by atoms with van der Waals surface area (Å²) in [5, 5.41) is 8.12. The summed E-state index contributed by atoms with van der Waals surface area (Å²) in [5.74, 6) is -0.766. The van der Waals surface area contributed by atoms with Gasteiger partial charge in [0, 0.05) is 63.6 Å². The number of hydrogen-bond donors (Lipinski definition) is 3. The van der Waals surface area contributed by atoms with E-state index >= 15 is 0 Å². The molecule has 0 unspecified atom stereocenters. The second-order valence-electron chi connectivity index (χ2n) is 8.17. The first-order chi connectivity index (χ1) is 17.1. The van der Waals surface area contributed by atoms with Gasteiger partial charge in [-0.1, -0.05) is 0 Å². The molecule has 3 aromatic rings. The maximum Gasteiger partial charge on any atom is 0.258 e. The molecule has 0 spiro atoms. The van der Waals surface area contributed by atoms with Crippen LogP contribution in [0.4, 0.5) is 17.6 Å². The van der Waals surface area contributed by atoms with Crippen molar-refractivity contribution in [2.45, 2.75) is 0 Å². The zero-order valence-corrected chi connectivity index (χ0v) is 20.6. The Morgan fingerprint density at radius 2 is 1.00 bits per heavy atom. The smallest absolute Gasteiger partial charge is 0.258 e. The first-order valence-corrected chi connectivity index (χ1v) is 10.9. The van der Waals surface area contributed by atoms with Gasteiger partial charge in [0.25, 0.3) is 23.6 Å². The van der Waals surface area contributed by atoms with Gasteiger partial charge in [0.1, 0.15) is 11.6 Å².